The number of rotatable bonds is 3. The first-order chi connectivity index (χ1) is 8.11. The molecule has 0 aliphatic heterocycles. The number of aryl methyl sites for hydroxylation is 1. The van der Waals surface area contributed by atoms with E-state index in [1.54, 1.807) is 18.2 Å². The van der Waals surface area contributed by atoms with Gasteiger partial charge in [0, 0.05) is 20.3 Å². The van der Waals surface area contributed by atoms with Crippen LogP contribution in [0.1, 0.15) is 29.2 Å². The van der Waals surface area contributed by atoms with Crippen LogP contribution >= 0.6 is 0 Å². The second-order valence-electron chi connectivity index (χ2n) is 4.11. The fourth-order valence-electron chi connectivity index (χ4n) is 1.76. The molecule has 2 aromatic heterocycles. The molecule has 0 fully saturated rings. The van der Waals surface area contributed by atoms with Crippen LogP contribution in [-0.2, 0) is 7.05 Å². The van der Waals surface area contributed by atoms with Gasteiger partial charge in [-0.3, -0.25) is 4.79 Å². The van der Waals surface area contributed by atoms with Crippen LogP contribution in [0.5, 0.6) is 0 Å². The first-order valence-electron chi connectivity index (χ1n) is 5.53. The van der Waals surface area contributed by atoms with Crippen LogP contribution in [0.15, 0.2) is 41.1 Å². The van der Waals surface area contributed by atoms with Crippen LogP contribution in [0.3, 0.4) is 0 Å². The standard InChI is InChI=1S/C13H16N2O2/c1-10(12-7-5-9-17-12)15(3)13(16)11-6-4-8-14(11)2/h4-10H,1-3H3. The molecule has 4 nitrogen and oxygen atoms in total. The molecule has 0 radical (unpaired) electrons. The number of hydrogen-bond donors (Lipinski definition) is 0. The number of hydrogen-bond acceptors (Lipinski definition) is 2. The highest BCUT2D eigenvalue weighted by Crippen LogP contribution is 2.20. The van der Waals surface area contributed by atoms with Crippen LogP contribution in [0, 0.1) is 0 Å². The Morgan fingerprint density at radius 3 is 2.71 bits per heavy atom. The molecule has 0 aliphatic carbocycles. The molecule has 0 N–H and O–H groups in total. The van der Waals surface area contributed by atoms with Crippen LogP contribution in [0.4, 0.5) is 0 Å². The number of nitrogens with zero attached hydrogens (tertiary/aromatic N) is 2. The van der Waals surface area contributed by atoms with E-state index < -0.39 is 0 Å². The van der Waals surface area contributed by atoms with Crippen molar-refractivity contribution < 1.29 is 9.21 Å². The normalized spacial score (nSPS) is 12.4. The Kier molecular flexibility index (Phi) is 3.04. The van der Waals surface area contributed by atoms with E-state index in [2.05, 4.69) is 0 Å². The summed E-state index contributed by atoms with van der Waals surface area (Å²) in [5.41, 5.74) is 0.672. The number of furan rings is 1. The highest BCUT2D eigenvalue weighted by atomic mass is 16.3. The van der Waals surface area contributed by atoms with E-state index in [0.717, 1.165) is 5.76 Å². The van der Waals surface area contributed by atoms with Crippen LogP contribution in [-0.4, -0.2) is 22.4 Å². The maximum absolute atomic E-state index is 12.2. The van der Waals surface area contributed by atoms with Gasteiger partial charge in [-0.1, -0.05) is 0 Å². The highest BCUT2D eigenvalue weighted by Gasteiger charge is 2.21. The largest absolute Gasteiger partial charge is 0.467 e. The Labute approximate surface area is 100 Å². The van der Waals surface area contributed by atoms with Crippen molar-refractivity contribution in [2.24, 2.45) is 7.05 Å². The Hall–Kier alpha value is -1.97. The van der Waals surface area contributed by atoms with E-state index in [9.17, 15) is 4.79 Å². The average Bonchev–Trinajstić information content (AvgIpc) is 2.96. The second kappa shape index (κ2) is 4.49. The summed E-state index contributed by atoms with van der Waals surface area (Å²) in [7, 11) is 3.64. The minimum atomic E-state index is -0.0765. The van der Waals surface area contributed by atoms with Crippen molar-refractivity contribution >= 4 is 5.91 Å². The molecule has 4 heteroatoms. The number of aromatic nitrogens is 1. The van der Waals surface area contributed by atoms with Crippen molar-refractivity contribution in [1.82, 2.24) is 9.47 Å². The summed E-state index contributed by atoms with van der Waals surface area (Å²) in [5.74, 6) is 0.774. The minimum absolute atomic E-state index is 0.0126. The summed E-state index contributed by atoms with van der Waals surface area (Å²) < 4.78 is 7.13. The zero-order valence-corrected chi connectivity index (χ0v) is 10.3. The molecular formula is C13H16N2O2. The molecule has 0 spiro atoms. The molecular weight excluding hydrogens is 216 g/mol. The molecule has 2 aromatic rings. The molecule has 2 rings (SSSR count). The molecule has 1 atom stereocenters. The molecule has 0 bridgehead atoms. The Morgan fingerprint density at radius 1 is 1.41 bits per heavy atom. The summed E-state index contributed by atoms with van der Waals surface area (Å²) in [6, 6.07) is 7.30. The fraction of sp³-hybridized carbons (Fsp3) is 0.308. The Balaban J connectivity index is 2.18. The SMILES string of the molecule is CC(c1ccco1)N(C)C(=O)c1cccn1C. The van der Waals surface area contributed by atoms with Crippen molar-refractivity contribution in [2.75, 3.05) is 7.05 Å². The zero-order valence-electron chi connectivity index (χ0n) is 10.3. The molecule has 90 valence electrons. The summed E-state index contributed by atoms with van der Waals surface area (Å²) in [4.78, 5) is 13.9. The number of amides is 1. The predicted octanol–water partition coefficient (Wildman–Crippen LogP) is 2.45. The van der Waals surface area contributed by atoms with E-state index in [-0.39, 0.29) is 11.9 Å². The van der Waals surface area contributed by atoms with Gasteiger partial charge in [0.2, 0.25) is 0 Å². The van der Waals surface area contributed by atoms with Gasteiger partial charge in [0.1, 0.15) is 11.5 Å². The average molecular weight is 232 g/mol. The van der Waals surface area contributed by atoms with Crippen molar-refractivity contribution in [3.8, 4) is 0 Å². The second-order valence-corrected chi connectivity index (χ2v) is 4.11. The van der Waals surface area contributed by atoms with Gasteiger partial charge in [-0.25, -0.2) is 0 Å². The minimum Gasteiger partial charge on any atom is -0.467 e. The van der Waals surface area contributed by atoms with Crippen molar-refractivity contribution in [2.45, 2.75) is 13.0 Å². The van der Waals surface area contributed by atoms with Gasteiger partial charge >= 0.3 is 0 Å². The quantitative estimate of drug-likeness (QED) is 0.815. The monoisotopic (exact) mass is 232 g/mol. The maximum atomic E-state index is 12.2. The zero-order chi connectivity index (χ0) is 12.4. The Bertz CT molecular complexity index is 499. The fourth-order valence-corrected chi connectivity index (χ4v) is 1.76. The van der Waals surface area contributed by atoms with Crippen molar-refractivity contribution in [3.63, 3.8) is 0 Å². The van der Waals surface area contributed by atoms with E-state index >= 15 is 0 Å². The molecule has 1 amide bonds. The lowest BCUT2D eigenvalue weighted by Crippen LogP contribution is -2.30. The molecule has 0 saturated heterocycles. The predicted molar refractivity (Wildman–Crippen MR) is 64.6 cm³/mol. The molecule has 0 aliphatic rings. The first kappa shape index (κ1) is 11.5. The summed E-state index contributed by atoms with van der Waals surface area (Å²) >= 11 is 0. The molecule has 0 saturated carbocycles. The lowest BCUT2D eigenvalue weighted by atomic mass is 10.2. The van der Waals surface area contributed by atoms with Crippen LogP contribution in [0.2, 0.25) is 0 Å². The smallest absolute Gasteiger partial charge is 0.270 e. The third kappa shape index (κ3) is 2.11. The van der Waals surface area contributed by atoms with Gasteiger partial charge < -0.3 is 13.9 Å². The molecule has 2 heterocycles. The Morgan fingerprint density at radius 2 is 2.18 bits per heavy atom. The maximum Gasteiger partial charge on any atom is 0.270 e. The van der Waals surface area contributed by atoms with E-state index in [4.69, 9.17) is 4.42 Å². The van der Waals surface area contributed by atoms with Crippen molar-refractivity contribution in [3.05, 3.63) is 48.2 Å². The lowest BCUT2D eigenvalue weighted by molar-refractivity contribution is 0.0716. The van der Waals surface area contributed by atoms with E-state index in [1.165, 1.54) is 0 Å². The van der Waals surface area contributed by atoms with E-state index in [0.29, 0.717) is 5.69 Å². The van der Waals surface area contributed by atoms with Gasteiger partial charge in [-0.2, -0.15) is 0 Å². The van der Waals surface area contributed by atoms with Gasteiger partial charge in [0.15, 0.2) is 0 Å². The first-order valence-corrected chi connectivity index (χ1v) is 5.53. The van der Waals surface area contributed by atoms with Crippen molar-refractivity contribution in [1.29, 1.82) is 0 Å². The summed E-state index contributed by atoms with van der Waals surface area (Å²) in [6.45, 7) is 1.94. The van der Waals surface area contributed by atoms with Crippen LogP contribution < -0.4 is 0 Å². The third-order valence-corrected chi connectivity index (χ3v) is 3.02. The van der Waals surface area contributed by atoms with Gasteiger partial charge in [0.05, 0.1) is 12.3 Å². The highest BCUT2D eigenvalue weighted by molar-refractivity contribution is 5.92. The molecule has 1 unspecified atom stereocenters. The summed E-state index contributed by atoms with van der Waals surface area (Å²) in [5, 5.41) is 0. The number of carbonyl (C=O) groups is 1. The molecule has 17 heavy (non-hydrogen) atoms. The van der Waals surface area contributed by atoms with Crippen LogP contribution in [0.25, 0.3) is 0 Å². The summed E-state index contributed by atoms with van der Waals surface area (Å²) in [6.07, 6.45) is 3.48. The van der Waals surface area contributed by atoms with Gasteiger partial charge in [0.25, 0.3) is 5.91 Å². The topological polar surface area (TPSA) is 38.4 Å². The van der Waals surface area contributed by atoms with Gasteiger partial charge in [-0.05, 0) is 31.2 Å². The molecule has 0 aromatic carbocycles. The van der Waals surface area contributed by atoms with E-state index in [1.807, 2.05) is 49.0 Å². The third-order valence-electron chi connectivity index (χ3n) is 3.02. The van der Waals surface area contributed by atoms with Gasteiger partial charge in [-0.15, -0.1) is 0 Å². The lowest BCUT2D eigenvalue weighted by Gasteiger charge is -2.23. The number of carbonyl (C=O) groups excluding carboxylic acids is 1.